The minimum atomic E-state index is -0.211. The van der Waals surface area contributed by atoms with Gasteiger partial charge in [-0.25, -0.2) is 0 Å². The van der Waals surface area contributed by atoms with Gasteiger partial charge in [-0.3, -0.25) is 4.79 Å². The second-order valence-corrected chi connectivity index (χ2v) is 43.4. The van der Waals surface area contributed by atoms with E-state index in [-0.39, 0.29) is 5.97 Å². The summed E-state index contributed by atoms with van der Waals surface area (Å²) >= 11 is 0. The summed E-state index contributed by atoms with van der Waals surface area (Å²) in [5.41, 5.74) is 0. The molecule has 0 heterocycles. The second kappa shape index (κ2) is 122. The zero-order chi connectivity index (χ0) is 89.8. The van der Waals surface area contributed by atoms with Crippen molar-refractivity contribution in [2.24, 2.45) is 0 Å². The molecule has 126 heavy (non-hydrogen) atoms. The van der Waals surface area contributed by atoms with Gasteiger partial charge >= 0.3 is 5.97 Å². The summed E-state index contributed by atoms with van der Waals surface area (Å²) < 4.78 is 4.40. The summed E-state index contributed by atoms with van der Waals surface area (Å²) in [5, 5.41) is 0. The van der Waals surface area contributed by atoms with Crippen LogP contribution >= 0.6 is 0 Å². The molecule has 20 fully saturated rings. The zero-order valence-electron chi connectivity index (χ0n) is 88.9. The van der Waals surface area contributed by atoms with Crippen LogP contribution in [0.15, 0.2) is 0 Å². The quantitative estimate of drug-likeness (QED) is 0.245. The summed E-state index contributed by atoms with van der Waals surface area (Å²) in [6.07, 6.45) is 180. The minimum Gasteiger partial charge on any atom is -0.466 e. The highest BCUT2D eigenvalue weighted by molar-refractivity contribution is 5.65. The Hall–Kier alpha value is -0.530. The molecule has 756 valence electrons. The third-order valence-electron chi connectivity index (χ3n) is 30.3. The van der Waals surface area contributed by atoms with Crippen molar-refractivity contribution >= 4 is 5.97 Å². The van der Waals surface area contributed by atoms with Crippen molar-refractivity contribution in [2.45, 2.75) is 784 Å². The van der Waals surface area contributed by atoms with E-state index in [0.717, 1.165) is 0 Å². The average Bonchev–Trinajstić information content (AvgIpc) is 2.50. The van der Waals surface area contributed by atoms with Gasteiger partial charge in [0.2, 0.25) is 0 Å². The Morgan fingerprint density at radius 1 is 0.103 bits per heavy atom. The number of hydrogen-bond donors (Lipinski definition) is 0. The highest BCUT2D eigenvalue weighted by Crippen LogP contribution is 2.26. The van der Waals surface area contributed by atoms with Gasteiger partial charge in [0.05, 0.1) is 6.61 Å². The van der Waals surface area contributed by atoms with E-state index in [4.69, 9.17) is 0 Å². The van der Waals surface area contributed by atoms with Crippen LogP contribution in [0.25, 0.3) is 0 Å². The average molecular weight is 1770 g/mol. The maximum Gasteiger partial charge on any atom is 0.302 e. The maximum absolute atomic E-state index is 9.82. The molecule has 20 rings (SSSR count). The van der Waals surface area contributed by atoms with Crippen LogP contribution in [-0.4, -0.2) is 12.6 Å². The number of rotatable bonds is 1. The molecule has 0 aromatic rings. The van der Waals surface area contributed by atoms with Crippen LogP contribution in [0.3, 0.4) is 0 Å². The van der Waals surface area contributed by atoms with E-state index in [1.807, 2.05) is 0 Å². The molecule has 0 aromatic carbocycles. The normalized spacial score (nSPS) is 23.2. The van der Waals surface area contributed by atoms with Gasteiger partial charge in [0.1, 0.15) is 0 Å². The molecule has 0 aliphatic heterocycles. The SMILES string of the molecule is C1CCCCC1.C1CCCCC1.C1CCCCC1.C1CCCCC1.C1CCCCC1.C1CCCCC1.C1CCCCC1.C1CCCCC1.C1CCCCC1.C1CCCCC1.C1CCCCC1.C1CCCCC1.C1CCCCC1.C1CCCCC1.C1CCCCC1.C1CCCCC1.C1CCCCC1.C1CCCCC1.C1CCCCC1.C1CCCCC1.CCOC(C)=O. The minimum absolute atomic E-state index is 0.211. The third-order valence-corrected chi connectivity index (χ3v) is 30.3. The van der Waals surface area contributed by atoms with Gasteiger partial charge in [-0.2, -0.15) is 0 Å². The molecule has 20 aliphatic carbocycles. The molecular formula is C124H248O2. The van der Waals surface area contributed by atoms with Gasteiger partial charge in [-0.1, -0.05) is 770 Å². The van der Waals surface area contributed by atoms with Gasteiger partial charge in [0, 0.05) is 6.92 Å². The van der Waals surface area contributed by atoms with Crippen LogP contribution in [0, 0.1) is 0 Å². The van der Waals surface area contributed by atoms with Crippen molar-refractivity contribution in [1.82, 2.24) is 0 Å². The lowest BCUT2D eigenvalue weighted by Crippen LogP contribution is -1.95. The molecule has 2 nitrogen and oxygen atoms in total. The van der Waals surface area contributed by atoms with E-state index >= 15 is 0 Å². The summed E-state index contributed by atoms with van der Waals surface area (Å²) in [6.45, 7) is 3.65. The highest BCUT2D eigenvalue weighted by Gasteiger charge is 2.07. The fourth-order valence-electron chi connectivity index (χ4n) is 21.4. The molecule has 0 amide bonds. The fourth-order valence-corrected chi connectivity index (χ4v) is 21.4. The molecule has 0 aromatic heterocycles. The topological polar surface area (TPSA) is 26.3 Å². The first-order chi connectivity index (χ1) is 62.8. The Morgan fingerprint density at radius 3 is 0.143 bits per heavy atom. The number of carbonyl (C=O) groups excluding carboxylic acids is 1. The lowest BCUT2D eigenvalue weighted by Gasteiger charge is -2.05. The largest absolute Gasteiger partial charge is 0.466 e. The van der Waals surface area contributed by atoms with Crippen molar-refractivity contribution in [3.05, 3.63) is 0 Å². The molecular weight excluding hydrogens is 1520 g/mol. The van der Waals surface area contributed by atoms with Crippen LogP contribution in [-0.2, 0) is 9.53 Å². The van der Waals surface area contributed by atoms with Gasteiger partial charge in [0.25, 0.3) is 0 Å². The smallest absolute Gasteiger partial charge is 0.302 e. The molecule has 0 unspecified atom stereocenters. The molecule has 0 N–H and O–H groups in total. The number of esters is 1. The van der Waals surface area contributed by atoms with E-state index in [1.54, 1.807) is 6.92 Å². The van der Waals surface area contributed by atoms with Crippen molar-refractivity contribution < 1.29 is 9.53 Å². The Morgan fingerprint density at radius 2 is 0.135 bits per heavy atom. The first-order valence-electron chi connectivity index (χ1n) is 61.9. The molecule has 0 saturated heterocycles. The lowest BCUT2D eigenvalue weighted by atomic mass is 10.0. The predicted molar refractivity (Wildman–Crippen MR) is 576 cm³/mol. The summed E-state index contributed by atoms with van der Waals surface area (Å²) in [4.78, 5) is 9.82. The fraction of sp³-hybridized carbons (Fsp3) is 0.992. The standard InChI is InChI=1S/20C6H12.C4H8O2/c20*1-2-4-6-5-3-1;1-3-6-4(2)5/h20*1-6H2;3H2,1-2H3. The number of carbonyl (C=O) groups is 1. The molecule has 20 saturated carbocycles. The van der Waals surface area contributed by atoms with Crippen molar-refractivity contribution in [2.75, 3.05) is 6.61 Å². The Balaban J connectivity index is 0.00000130. The first kappa shape index (κ1) is 125. The maximum atomic E-state index is 9.82. The van der Waals surface area contributed by atoms with Crippen molar-refractivity contribution in [3.8, 4) is 0 Å². The third kappa shape index (κ3) is 123. The summed E-state index contributed by atoms with van der Waals surface area (Å²) in [5.74, 6) is -0.211. The molecule has 0 atom stereocenters. The zero-order valence-corrected chi connectivity index (χ0v) is 88.9. The van der Waals surface area contributed by atoms with Crippen LogP contribution in [0.2, 0.25) is 0 Å². The molecule has 0 spiro atoms. The van der Waals surface area contributed by atoms with E-state index in [9.17, 15) is 4.79 Å². The van der Waals surface area contributed by atoms with Crippen LogP contribution in [0.4, 0.5) is 0 Å². The number of hydrogen-bond acceptors (Lipinski definition) is 2. The lowest BCUT2D eigenvalue weighted by molar-refractivity contribution is -0.140. The highest BCUT2D eigenvalue weighted by atomic mass is 16.5. The van der Waals surface area contributed by atoms with Crippen LogP contribution < -0.4 is 0 Å². The molecule has 0 radical (unpaired) electrons. The van der Waals surface area contributed by atoms with Gasteiger partial charge < -0.3 is 4.74 Å². The summed E-state index contributed by atoms with van der Waals surface area (Å²) in [7, 11) is 0. The van der Waals surface area contributed by atoms with Crippen molar-refractivity contribution in [1.29, 1.82) is 0 Å². The monoisotopic (exact) mass is 1770 g/mol. The Labute approximate surface area is 801 Å². The Kier molecular flexibility index (Phi) is 122. The molecule has 20 aliphatic rings. The van der Waals surface area contributed by atoms with E-state index < -0.39 is 0 Å². The second-order valence-electron chi connectivity index (χ2n) is 43.4. The molecule has 2 heteroatoms. The van der Waals surface area contributed by atoms with Crippen LogP contribution in [0.5, 0.6) is 0 Å². The summed E-state index contributed by atoms with van der Waals surface area (Å²) in [6, 6.07) is 0. The molecule has 0 bridgehead atoms. The van der Waals surface area contributed by atoms with Gasteiger partial charge in [-0.05, 0) is 6.92 Å². The van der Waals surface area contributed by atoms with Crippen LogP contribution in [0.1, 0.15) is 784 Å². The van der Waals surface area contributed by atoms with E-state index in [1.165, 1.54) is 777 Å². The van der Waals surface area contributed by atoms with Gasteiger partial charge in [0.15, 0.2) is 0 Å². The van der Waals surface area contributed by atoms with Gasteiger partial charge in [-0.15, -0.1) is 0 Å². The van der Waals surface area contributed by atoms with Crippen molar-refractivity contribution in [3.63, 3.8) is 0 Å². The van der Waals surface area contributed by atoms with E-state index in [0.29, 0.717) is 6.61 Å². The van der Waals surface area contributed by atoms with E-state index in [2.05, 4.69) is 4.74 Å². The predicted octanol–water partition coefficient (Wildman–Crippen LogP) is 47.4. The Bertz CT molecular complexity index is 974. The number of ether oxygens (including phenoxy) is 1. The first-order valence-corrected chi connectivity index (χ1v) is 61.9.